The Hall–Kier alpha value is -2.48. The Morgan fingerprint density at radius 2 is 1.69 bits per heavy atom. The van der Waals surface area contributed by atoms with Gasteiger partial charge in [-0.3, -0.25) is 19.3 Å². The summed E-state index contributed by atoms with van der Waals surface area (Å²) >= 11 is 3.45. The first-order valence-corrected chi connectivity index (χ1v) is 11.7. The summed E-state index contributed by atoms with van der Waals surface area (Å²) in [6.45, 7) is 6.81. The number of hydrogen-bond acceptors (Lipinski definition) is 5. The van der Waals surface area contributed by atoms with Crippen LogP contribution in [0, 0.1) is 43.4 Å². The highest BCUT2D eigenvalue weighted by Gasteiger charge is 2.61. The molecule has 2 bridgehead atoms. The summed E-state index contributed by atoms with van der Waals surface area (Å²) in [7, 11) is 0. The maximum atomic E-state index is 13.1. The molecule has 1 saturated heterocycles. The van der Waals surface area contributed by atoms with E-state index in [0.29, 0.717) is 5.69 Å². The van der Waals surface area contributed by atoms with E-state index in [4.69, 9.17) is 4.74 Å². The maximum Gasteiger partial charge on any atom is 0.330 e. The van der Waals surface area contributed by atoms with Gasteiger partial charge in [0.25, 0.3) is 5.91 Å². The van der Waals surface area contributed by atoms with Crippen molar-refractivity contribution in [2.75, 3.05) is 11.9 Å². The van der Waals surface area contributed by atoms with Gasteiger partial charge in [0.15, 0.2) is 6.61 Å². The van der Waals surface area contributed by atoms with E-state index in [9.17, 15) is 19.2 Å². The fraction of sp³-hybridized carbons (Fsp3) is 0.500. The van der Waals surface area contributed by atoms with E-state index in [1.54, 1.807) is 13.8 Å². The largest absolute Gasteiger partial charge is 0.454 e. The van der Waals surface area contributed by atoms with Gasteiger partial charge in [0, 0.05) is 10.2 Å². The molecule has 1 N–H and O–H groups in total. The lowest BCUT2D eigenvalue weighted by atomic mass is 9.85. The SMILES string of the molecule is Cc1cc(NC(=O)COC(=O)[C@H](C(C)C)N2C(=O)[C@@H]3[C@H](C2=O)[C@H]2C=C[C@H]3C2)c(C)cc1Br. The van der Waals surface area contributed by atoms with Crippen LogP contribution in [0.25, 0.3) is 0 Å². The van der Waals surface area contributed by atoms with E-state index in [1.807, 2.05) is 38.1 Å². The zero-order valence-electron chi connectivity index (χ0n) is 18.6. The predicted octanol–water partition coefficient (Wildman–Crippen LogP) is 3.38. The number of fused-ring (bicyclic) bond motifs is 5. The van der Waals surface area contributed by atoms with Crippen LogP contribution in [0.1, 0.15) is 31.4 Å². The van der Waals surface area contributed by atoms with E-state index in [1.165, 1.54) is 0 Å². The molecule has 1 aliphatic heterocycles. The van der Waals surface area contributed by atoms with Crippen molar-refractivity contribution >= 4 is 45.3 Å². The average molecular weight is 503 g/mol. The van der Waals surface area contributed by atoms with Crippen molar-refractivity contribution in [3.63, 3.8) is 0 Å². The van der Waals surface area contributed by atoms with Crippen molar-refractivity contribution in [1.29, 1.82) is 0 Å². The number of amides is 3. The number of nitrogens with one attached hydrogen (secondary N) is 1. The van der Waals surface area contributed by atoms with Crippen molar-refractivity contribution in [2.45, 2.75) is 40.2 Å². The third-order valence-electron chi connectivity index (χ3n) is 6.78. The number of esters is 1. The van der Waals surface area contributed by atoms with Gasteiger partial charge in [-0.05, 0) is 61.3 Å². The molecule has 0 aromatic heterocycles. The van der Waals surface area contributed by atoms with Crippen LogP contribution in [0.4, 0.5) is 5.69 Å². The Kier molecular flexibility index (Phi) is 6.00. The molecular formula is C24H27BrN2O5. The number of likely N-dealkylation sites (tertiary alicyclic amines) is 1. The quantitative estimate of drug-likeness (QED) is 0.365. The zero-order valence-corrected chi connectivity index (χ0v) is 20.1. The van der Waals surface area contributed by atoms with Crippen molar-refractivity contribution in [3.8, 4) is 0 Å². The summed E-state index contributed by atoms with van der Waals surface area (Å²) < 4.78 is 6.21. The number of hydrogen-bond donors (Lipinski definition) is 1. The first-order valence-electron chi connectivity index (χ1n) is 10.9. The molecule has 2 fully saturated rings. The van der Waals surface area contributed by atoms with Gasteiger partial charge < -0.3 is 10.1 Å². The number of nitrogens with zero attached hydrogens (tertiary/aromatic N) is 1. The number of carbonyl (C=O) groups is 4. The minimum atomic E-state index is -1.04. The van der Waals surface area contributed by atoms with E-state index in [-0.39, 0.29) is 41.4 Å². The molecule has 0 radical (unpaired) electrons. The molecule has 8 heteroatoms. The highest BCUT2D eigenvalue weighted by molar-refractivity contribution is 9.10. The number of halogens is 1. The van der Waals surface area contributed by atoms with Gasteiger partial charge in [-0.25, -0.2) is 4.79 Å². The number of carbonyl (C=O) groups excluding carboxylic acids is 4. The van der Waals surface area contributed by atoms with Crippen molar-refractivity contribution in [3.05, 3.63) is 39.9 Å². The Balaban J connectivity index is 1.42. The van der Waals surface area contributed by atoms with Crippen LogP contribution in [0.2, 0.25) is 0 Å². The molecular weight excluding hydrogens is 476 g/mol. The topological polar surface area (TPSA) is 92.8 Å². The van der Waals surface area contributed by atoms with Gasteiger partial charge in [-0.15, -0.1) is 0 Å². The highest BCUT2D eigenvalue weighted by atomic mass is 79.9. The number of allylic oxidation sites excluding steroid dienone is 2. The lowest BCUT2D eigenvalue weighted by Crippen LogP contribution is -2.50. The van der Waals surface area contributed by atoms with Gasteiger partial charge in [0.05, 0.1) is 11.8 Å². The van der Waals surface area contributed by atoms with Gasteiger partial charge >= 0.3 is 5.97 Å². The number of ether oxygens (including phenoxy) is 1. The summed E-state index contributed by atoms with van der Waals surface area (Å²) in [4.78, 5) is 52.6. The van der Waals surface area contributed by atoms with Crippen LogP contribution in [-0.4, -0.2) is 41.2 Å². The van der Waals surface area contributed by atoms with Crippen LogP contribution in [-0.2, 0) is 23.9 Å². The van der Waals surface area contributed by atoms with Crippen molar-refractivity contribution < 1.29 is 23.9 Å². The van der Waals surface area contributed by atoms with Gasteiger partial charge in [0.2, 0.25) is 11.8 Å². The minimum absolute atomic E-state index is 0.0682. The smallest absolute Gasteiger partial charge is 0.330 e. The molecule has 1 aromatic carbocycles. The number of benzene rings is 1. The number of rotatable bonds is 6. The molecule has 170 valence electrons. The normalized spacial score (nSPS) is 26.6. The summed E-state index contributed by atoms with van der Waals surface area (Å²) in [5.41, 5.74) is 2.46. The van der Waals surface area contributed by atoms with Crippen LogP contribution < -0.4 is 5.32 Å². The monoisotopic (exact) mass is 502 g/mol. The Morgan fingerprint density at radius 1 is 1.09 bits per heavy atom. The fourth-order valence-electron chi connectivity index (χ4n) is 5.20. The standard InChI is InChI=1S/C24H27BrN2O5/c1-11(2)21(27-22(29)19-14-5-6-15(9-14)20(19)23(27)30)24(31)32-10-18(28)26-17-8-12(3)16(25)7-13(17)4/h5-8,11,14-15,19-21H,9-10H2,1-4H3,(H,26,28)/t14-,15-,19-,20+,21-/m0/s1. The summed E-state index contributed by atoms with van der Waals surface area (Å²) in [6.07, 6.45) is 4.85. The van der Waals surface area contributed by atoms with Gasteiger partial charge in [-0.1, -0.05) is 41.9 Å². The zero-order chi connectivity index (χ0) is 23.3. The molecule has 4 rings (SSSR count). The van der Waals surface area contributed by atoms with Crippen LogP contribution >= 0.6 is 15.9 Å². The molecule has 5 atom stereocenters. The molecule has 1 saturated carbocycles. The highest BCUT2D eigenvalue weighted by Crippen LogP contribution is 2.53. The second kappa shape index (κ2) is 8.46. The molecule has 7 nitrogen and oxygen atoms in total. The Bertz CT molecular complexity index is 1000. The molecule has 1 aromatic rings. The first-order chi connectivity index (χ1) is 15.1. The maximum absolute atomic E-state index is 13.1. The Morgan fingerprint density at radius 3 is 2.25 bits per heavy atom. The van der Waals surface area contributed by atoms with Crippen LogP contribution in [0.3, 0.4) is 0 Å². The number of aryl methyl sites for hydroxylation is 2. The molecule has 0 spiro atoms. The minimum Gasteiger partial charge on any atom is -0.454 e. The van der Waals surface area contributed by atoms with E-state index in [0.717, 1.165) is 26.9 Å². The average Bonchev–Trinajstić information content (AvgIpc) is 3.40. The fourth-order valence-corrected chi connectivity index (χ4v) is 5.66. The van der Waals surface area contributed by atoms with Gasteiger partial charge in [0.1, 0.15) is 6.04 Å². The lowest BCUT2D eigenvalue weighted by molar-refractivity contribution is -0.162. The second-order valence-corrected chi connectivity index (χ2v) is 10.2. The number of imide groups is 1. The second-order valence-electron chi connectivity index (χ2n) is 9.31. The van der Waals surface area contributed by atoms with Crippen LogP contribution in [0.5, 0.6) is 0 Å². The third-order valence-corrected chi connectivity index (χ3v) is 7.64. The molecule has 0 unspecified atom stereocenters. The van der Waals surface area contributed by atoms with Crippen molar-refractivity contribution in [1.82, 2.24) is 4.90 Å². The van der Waals surface area contributed by atoms with E-state index < -0.39 is 24.5 Å². The Labute approximate surface area is 195 Å². The number of anilines is 1. The molecule has 3 aliphatic rings. The molecule has 2 aliphatic carbocycles. The van der Waals surface area contributed by atoms with E-state index >= 15 is 0 Å². The molecule has 32 heavy (non-hydrogen) atoms. The predicted molar refractivity (Wildman–Crippen MR) is 121 cm³/mol. The van der Waals surface area contributed by atoms with Gasteiger partial charge in [-0.2, -0.15) is 0 Å². The van der Waals surface area contributed by atoms with Crippen LogP contribution in [0.15, 0.2) is 28.8 Å². The molecule has 3 amide bonds. The lowest BCUT2D eigenvalue weighted by Gasteiger charge is -2.28. The van der Waals surface area contributed by atoms with E-state index in [2.05, 4.69) is 21.2 Å². The third kappa shape index (κ3) is 3.78. The van der Waals surface area contributed by atoms with Crippen molar-refractivity contribution in [2.24, 2.45) is 29.6 Å². The summed E-state index contributed by atoms with van der Waals surface area (Å²) in [6, 6.07) is 2.69. The summed E-state index contributed by atoms with van der Waals surface area (Å²) in [5, 5.41) is 2.75. The first kappa shape index (κ1) is 22.7. The summed E-state index contributed by atoms with van der Waals surface area (Å²) in [5.74, 6) is -2.76. The molecule has 1 heterocycles.